The lowest BCUT2D eigenvalue weighted by molar-refractivity contribution is -0.351. The second-order valence-corrected chi connectivity index (χ2v) is 3.44. The molecule has 0 amide bonds. The van der Waals surface area contributed by atoms with Crippen molar-refractivity contribution in [1.29, 1.82) is 0 Å². The molecule has 0 saturated heterocycles. The third-order valence-electron chi connectivity index (χ3n) is 1.51. The van der Waals surface area contributed by atoms with E-state index in [1.165, 1.54) is 0 Å². The van der Waals surface area contributed by atoms with Crippen LogP contribution < -0.4 is 0 Å². The van der Waals surface area contributed by atoms with Gasteiger partial charge in [0.2, 0.25) is 5.63 Å². The maximum atomic E-state index is 12.8. The monoisotopic (exact) mass is 302 g/mol. The van der Waals surface area contributed by atoms with Crippen molar-refractivity contribution in [3.63, 3.8) is 0 Å². The molecule has 0 saturated carbocycles. The van der Waals surface area contributed by atoms with Crippen LogP contribution in [-0.4, -0.2) is 28.8 Å². The van der Waals surface area contributed by atoms with Crippen molar-refractivity contribution >= 4 is 23.2 Å². The number of hydrogen-bond donors (Lipinski definition) is 0. The minimum atomic E-state index is -6.82. The molecule has 11 heteroatoms. The molecule has 0 fully saturated rings. The second kappa shape index (κ2) is 4.01. The van der Waals surface area contributed by atoms with Gasteiger partial charge in [0.1, 0.15) is 0 Å². The van der Waals surface area contributed by atoms with Crippen LogP contribution >= 0.6 is 23.2 Å². The van der Waals surface area contributed by atoms with Gasteiger partial charge in [0.15, 0.2) is 0 Å². The molecule has 0 aliphatic carbocycles. The Labute approximate surface area is 92.3 Å². The van der Waals surface area contributed by atoms with E-state index < -0.39 is 28.8 Å². The van der Waals surface area contributed by atoms with E-state index in [1.807, 2.05) is 0 Å². The van der Waals surface area contributed by atoms with E-state index in [-0.39, 0.29) is 0 Å². The fourth-order valence-electron chi connectivity index (χ4n) is 0.689. The summed E-state index contributed by atoms with van der Waals surface area (Å²) >= 11 is 7.54. The third-order valence-corrected chi connectivity index (χ3v) is 2.05. The molecule has 0 heterocycles. The minimum absolute atomic E-state index is 3.62. The SMILES string of the molecule is FC(Cl)C(F)(F)C(F)(C(F)(F)F)C(F)(F)Cl. The van der Waals surface area contributed by atoms with E-state index in [0.717, 1.165) is 0 Å². The summed E-state index contributed by atoms with van der Waals surface area (Å²) in [6.45, 7) is 0. The van der Waals surface area contributed by atoms with E-state index in [1.54, 1.807) is 0 Å². The van der Waals surface area contributed by atoms with Gasteiger partial charge in [-0.05, 0) is 11.6 Å². The first-order valence-electron chi connectivity index (χ1n) is 3.18. The van der Waals surface area contributed by atoms with Crippen molar-refractivity contribution in [3.8, 4) is 0 Å². The molecule has 16 heavy (non-hydrogen) atoms. The van der Waals surface area contributed by atoms with Gasteiger partial charge < -0.3 is 0 Å². The van der Waals surface area contributed by atoms with Crippen LogP contribution in [0.2, 0.25) is 0 Å². The Hall–Kier alpha value is -0.0500. The lowest BCUT2D eigenvalue weighted by atomic mass is 9.97. The van der Waals surface area contributed by atoms with Gasteiger partial charge in [-0.25, -0.2) is 8.78 Å². The van der Waals surface area contributed by atoms with Gasteiger partial charge in [0.25, 0.3) is 0 Å². The van der Waals surface area contributed by atoms with Gasteiger partial charge in [0.05, 0.1) is 0 Å². The summed E-state index contributed by atoms with van der Waals surface area (Å²) in [5.74, 6) is -6.25. The number of rotatable bonds is 3. The Morgan fingerprint density at radius 3 is 1.19 bits per heavy atom. The molecule has 0 aliphatic heterocycles. The van der Waals surface area contributed by atoms with Crippen molar-refractivity contribution in [1.82, 2.24) is 0 Å². The summed E-state index contributed by atoms with van der Waals surface area (Å²) < 4.78 is 109. The smallest absolute Gasteiger partial charge is 0.223 e. The third kappa shape index (κ3) is 2.15. The molecule has 0 aromatic carbocycles. The van der Waals surface area contributed by atoms with Crippen LogP contribution in [0.3, 0.4) is 0 Å². The number of halogens is 11. The molecule has 98 valence electrons. The zero-order valence-electron chi connectivity index (χ0n) is 6.73. The van der Waals surface area contributed by atoms with Crippen LogP contribution in [-0.2, 0) is 0 Å². The molecule has 0 N–H and O–H groups in total. The lowest BCUT2D eigenvalue weighted by Gasteiger charge is -2.36. The van der Waals surface area contributed by atoms with E-state index >= 15 is 0 Å². The Bertz CT molecular complexity index is 238. The highest BCUT2D eigenvalue weighted by atomic mass is 35.5. The van der Waals surface area contributed by atoms with E-state index in [4.69, 9.17) is 0 Å². The van der Waals surface area contributed by atoms with Crippen LogP contribution in [0.1, 0.15) is 0 Å². The Kier molecular flexibility index (Phi) is 3.99. The minimum Gasteiger partial charge on any atom is -0.223 e. The topological polar surface area (TPSA) is 0 Å². The molecule has 0 aromatic rings. The predicted molar refractivity (Wildman–Crippen MR) is 36.4 cm³/mol. The molecule has 0 radical (unpaired) electrons. The molecule has 2 atom stereocenters. The zero-order valence-corrected chi connectivity index (χ0v) is 8.25. The van der Waals surface area contributed by atoms with Crippen LogP contribution in [0.5, 0.6) is 0 Å². The standard InChI is InChI=1S/C5HCl2F9/c6-1(8)2(9,10)3(11,4(7,12)13)5(14,15)16/h1H. The molecular weight excluding hydrogens is 302 g/mol. The Balaban J connectivity index is 5.81. The summed E-state index contributed by atoms with van der Waals surface area (Å²) in [6, 6.07) is 0. The maximum Gasteiger partial charge on any atom is 0.436 e. The van der Waals surface area contributed by atoms with E-state index in [0.29, 0.717) is 0 Å². The average Bonchev–Trinajstić information content (AvgIpc) is 1.97. The molecular formula is C5HCl2F9. The fourth-order valence-corrected chi connectivity index (χ4v) is 1.07. The summed E-state index contributed by atoms with van der Waals surface area (Å²) in [5, 5.41) is -6.09. The maximum absolute atomic E-state index is 12.8. The van der Waals surface area contributed by atoms with E-state index in [2.05, 4.69) is 23.2 Å². The predicted octanol–water partition coefficient (Wildman–Crippen LogP) is 4.26. The van der Waals surface area contributed by atoms with Crippen LogP contribution in [0.25, 0.3) is 0 Å². The lowest BCUT2D eigenvalue weighted by Crippen LogP contribution is -2.66. The van der Waals surface area contributed by atoms with Crippen molar-refractivity contribution in [2.24, 2.45) is 0 Å². The Morgan fingerprint density at radius 1 is 0.812 bits per heavy atom. The first kappa shape index (κ1) is 16.0. The van der Waals surface area contributed by atoms with Crippen molar-refractivity contribution in [2.45, 2.75) is 28.8 Å². The van der Waals surface area contributed by atoms with Gasteiger partial charge in [0, 0.05) is 0 Å². The highest BCUT2D eigenvalue weighted by Gasteiger charge is 2.84. The van der Waals surface area contributed by atoms with Gasteiger partial charge in [-0.3, -0.25) is 0 Å². The zero-order chi connectivity index (χ0) is 13.6. The van der Waals surface area contributed by atoms with Gasteiger partial charge >= 0.3 is 23.1 Å². The van der Waals surface area contributed by atoms with Crippen LogP contribution in [0, 0.1) is 0 Å². The molecule has 0 bridgehead atoms. The molecule has 0 nitrogen and oxygen atoms in total. The summed E-state index contributed by atoms with van der Waals surface area (Å²) in [5.41, 5.74) is -10.9. The number of hydrogen-bond acceptors (Lipinski definition) is 0. The quantitative estimate of drug-likeness (QED) is 0.540. The second-order valence-electron chi connectivity index (χ2n) is 2.58. The van der Waals surface area contributed by atoms with Gasteiger partial charge in [-0.1, -0.05) is 11.6 Å². The van der Waals surface area contributed by atoms with Crippen LogP contribution in [0.4, 0.5) is 39.5 Å². The molecule has 0 aromatic heterocycles. The summed E-state index contributed by atoms with van der Waals surface area (Å²) in [7, 11) is 0. The largest absolute Gasteiger partial charge is 0.436 e. The summed E-state index contributed by atoms with van der Waals surface area (Å²) in [4.78, 5) is 0. The van der Waals surface area contributed by atoms with Gasteiger partial charge in [-0.2, -0.15) is 30.7 Å². The van der Waals surface area contributed by atoms with Crippen molar-refractivity contribution in [3.05, 3.63) is 0 Å². The first-order chi connectivity index (χ1) is 6.69. The molecule has 0 aliphatic rings. The van der Waals surface area contributed by atoms with Crippen molar-refractivity contribution < 1.29 is 39.5 Å². The van der Waals surface area contributed by atoms with E-state index in [9.17, 15) is 39.5 Å². The molecule has 0 rings (SSSR count). The molecule has 2 unspecified atom stereocenters. The Morgan fingerprint density at radius 2 is 1.12 bits per heavy atom. The molecule has 0 spiro atoms. The highest BCUT2D eigenvalue weighted by Crippen LogP contribution is 2.57. The first-order valence-corrected chi connectivity index (χ1v) is 3.99. The van der Waals surface area contributed by atoms with Gasteiger partial charge in [-0.15, -0.1) is 0 Å². The fraction of sp³-hybridized carbons (Fsp3) is 1.00. The van der Waals surface area contributed by atoms with Crippen molar-refractivity contribution in [2.75, 3.05) is 0 Å². The average molecular weight is 303 g/mol. The summed E-state index contributed by atoms with van der Waals surface area (Å²) in [6.07, 6.45) is -6.82. The van der Waals surface area contributed by atoms with Crippen LogP contribution in [0.15, 0.2) is 0 Å². The highest BCUT2D eigenvalue weighted by molar-refractivity contribution is 6.23. The number of alkyl halides is 11. The normalized spacial score (nSPS) is 20.4.